The first-order chi connectivity index (χ1) is 12.7. The SMILES string of the molecule is O=C(NCCCO)Nc1ccc(C(=O)N2CCC[C@@H]3CCCC[C@@H]32)cc1. The Balaban J connectivity index is 1.59. The monoisotopic (exact) mass is 359 g/mol. The molecular weight excluding hydrogens is 330 g/mol. The second kappa shape index (κ2) is 9.03. The molecule has 2 atom stereocenters. The van der Waals surface area contributed by atoms with Gasteiger partial charge < -0.3 is 20.6 Å². The number of likely N-dealkylation sites (tertiary alicyclic amines) is 1. The Labute approximate surface area is 155 Å². The molecule has 2 aliphatic rings. The summed E-state index contributed by atoms with van der Waals surface area (Å²) >= 11 is 0. The molecule has 1 aliphatic carbocycles. The maximum absolute atomic E-state index is 13.0. The summed E-state index contributed by atoms with van der Waals surface area (Å²) in [6.45, 7) is 1.33. The van der Waals surface area contributed by atoms with E-state index in [2.05, 4.69) is 15.5 Å². The van der Waals surface area contributed by atoms with E-state index in [0.29, 0.717) is 36.2 Å². The van der Waals surface area contributed by atoms with Crippen LogP contribution >= 0.6 is 0 Å². The number of nitrogens with one attached hydrogen (secondary N) is 2. The average Bonchev–Trinajstić information content (AvgIpc) is 2.68. The predicted octanol–water partition coefficient (Wildman–Crippen LogP) is 2.99. The second-order valence-electron chi connectivity index (χ2n) is 7.29. The number of carbonyl (C=O) groups excluding carboxylic acids is 2. The number of anilines is 1. The molecular formula is C20H29N3O3. The van der Waals surface area contributed by atoms with Gasteiger partial charge in [0.05, 0.1) is 0 Å². The number of nitrogens with zero attached hydrogens (tertiary/aromatic N) is 1. The van der Waals surface area contributed by atoms with E-state index in [1.807, 2.05) is 0 Å². The van der Waals surface area contributed by atoms with Gasteiger partial charge in [-0.2, -0.15) is 0 Å². The van der Waals surface area contributed by atoms with Crippen LogP contribution in [0.15, 0.2) is 24.3 Å². The highest BCUT2D eigenvalue weighted by molar-refractivity contribution is 5.95. The zero-order valence-electron chi connectivity index (χ0n) is 15.2. The van der Waals surface area contributed by atoms with Gasteiger partial charge in [0.25, 0.3) is 5.91 Å². The molecule has 6 heteroatoms. The van der Waals surface area contributed by atoms with Crippen LogP contribution in [0.5, 0.6) is 0 Å². The van der Waals surface area contributed by atoms with Crippen LogP contribution in [-0.4, -0.2) is 47.7 Å². The fourth-order valence-electron chi connectivity index (χ4n) is 4.20. The Morgan fingerprint density at radius 3 is 2.58 bits per heavy atom. The number of benzene rings is 1. The van der Waals surface area contributed by atoms with Gasteiger partial charge in [0.1, 0.15) is 0 Å². The lowest BCUT2D eigenvalue weighted by Gasteiger charge is -2.44. The van der Waals surface area contributed by atoms with Crippen molar-refractivity contribution in [3.63, 3.8) is 0 Å². The standard InChI is InChI=1S/C20H29N3O3/c24-14-4-12-21-20(26)22-17-10-8-16(9-11-17)19(25)23-13-3-6-15-5-1-2-7-18(15)23/h8-11,15,18,24H,1-7,12-14H2,(H2,21,22,26)/t15-,18-/m0/s1. The molecule has 6 nitrogen and oxygen atoms in total. The van der Waals surface area contributed by atoms with Crippen LogP contribution in [0.25, 0.3) is 0 Å². The molecule has 3 rings (SSSR count). The molecule has 0 radical (unpaired) electrons. The van der Waals surface area contributed by atoms with Gasteiger partial charge in [0.2, 0.25) is 0 Å². The number of aliphatic hydroxyl groups is 1. The van der Waals surface area contributed by atoms with Crippen LogP contribution in [0.3, 0.4) is 0 Å². The highest BCUT2D eigenvalue weighted by Crippen LogP contribution is 2.35. The molecule has 0 bridgehead atoms. The van der Waals surface area contributed by atoms with Crippen molar-refractivity contribution < 1.29 is 14.7 Å². The van der Waals surface area contributed by atoms with Crippen molar-refractivity contribution in [2.75, 3.05) is 25.0 Å². The molecule has 0 unspecified atom stereocenters. The normalized spacial score (nSPS) is 22.4. The average molecular weight is 359 g/mol. The Hall–Kier alpha value is -2.08. The van der Waals surface area contributed by atoms with Crippen molar-refractivity contribution in [2.45, 2.75) is 51.0 Å². The van der Waals surface area contributed by atoms with Crippen LogP contribution in [-0.2, 0) is 0 Å². The van der Waals surface area contributed by atoms with E-state index in [9.17, 15) is 9.59 Å². The first-order valence-electron chi connectivity index (χ1n) is 9.76. The molecule has 1 heterocycles. The highest BCUT2D eigenvalue weighted by Gasteiger charge is 2.35. The van der Waals surface area contributed by atoms with E-state index < -0.39 is 0 Å². The maximum atomic E-state index is 13.0. The molecule has 0 aromatic heterocycles. The van der Waals surface area contributed by atoms with Gasteiger partial charge in [-0.3, -0.25) is 4.79 Å². The third-order valence-electron chi connectivity index (χ3n) is 5.51. The summed E-state index contributed by atoms with van der Waals surface area (Å²) in [5.41, 5.74) is 1.33. The Bertz CT molecular complexity index is 615. The Kier molecular flexibility index (Phi) is 6.50. The first kappa shape index (κ1) is 18.7. The van der Waals surface area contributed by atoms with Crippen molar-refractivity contribution in [2.24, 2.45) is 5.92 Å². The van der Waals surface area contributed by atoms with Gasteiger partial charge in [-0.05, 0) is 62.3 Å². The van der Waals surface area contributed by atoms with Crippen molar-refractivity contribution in [1.29, 1.82) is 0 Å². The van der Waals surface area contributed by atoms with Gasteiger partial charge in [-0.25, -0.2) is 4.79 Å². The van der Waals surface area contributed by atoms with Crippen molar-refractivity contribution in [1.82, 2.24) is 10.2 Å². The number of hydrogen-bond donors (Lipinski definition) is 3. The third-order valence-corrected chi connectivity index (χ3v) is 5.51. The first-order valence-corrected chi connectivity index (χ1v) is 9.76. The van der Waals surface area contributed by atoms with Crippen LogP contribution in [0, 0.1) is 5.92 Å². The van der Waals surface area contributed by atoms with Crippen LogP contribution < -0.4 is 10.6 Å². The molecule has 1 saturated heterocycles. The Morgan fingerprint density at radius 2 is 1.81 bits per heavy atom. The zero-order valence-corrected chi connectivity index (χ0v) is 15.2. The fourth-order valence-corrected chi connectivity index (χ4v) is 4.20. The number of amides is 3. The van der Waals surface area contributed by atoms with Gasteiger partial charge in [-0.15, -0.1) is 0 Å². The minimum atomic E-state index is -0.307. The van der Waals surface area contributed by atoms with Crippen LogP contribution in [0.2, 0.25) is 0 Å². The summed E-state index contributed by atoms with van der Waals surface area (Å²) in [6, 6.07) is 7.21. The smallest absolute Gasteiger partial charge is 0.319 e. The van der Waals surface area contributed by atoms with Gasteiger partial charge in [-0.1, -0.05) is 12.8 Å². The minimum absolute atomic E-state index is 0.0510. The molecule has 1 aromatic rings. The van der Waals surface area contributed by atoms with E-state index >= 15 is 0 Å². The lowest BCUT2D eigenvalue weighted by molar-refractivity contribution is 0.0390. The van der Waals surface area contributed by atoms with Crippen LogP contribution in [0.4, 0.5) is 10.5 Å². The third kappa shape index (κ3) is 4.55. The largest absolute Gasteiger partial charge is 0.396 e. The molecule has 26 heavy (non-hydrogen) atoms. The van der Waals surface area contributed by atoms with E-state index in [1.54, 1.807) is 24.3 Å². The van der Waals surface area contributed by atoms with E-state index in [1.165, 1.54) is 25.7 Å². The summed E-state index contributed by atoms with van der Waals surface area (Å²) in [6.07, 6.45) is 7.78. The van der Waals surface area contributed by atoms with E-state index in [-0.39, 0.29) is 18.5 Å². The van der Waals surface area contributed by atoms with Crippen molar-refractivity contribution >= 4 is 17.6 Å². The topological polar surface area (TPSA) is 81.7 Å². The van der Waals surface area contributed by atoms with E-state index in [0.717, 1.165) is 19.4 Å². The molecule has 2 fully saturated rings. The highest BCUT2D eigenvalue weighted by atomic mass is 16.3. The molecule has 1 saturated carbocycles. The second-order valence-corrected chi connectivity index (χ2v) is 7.29. The number of urea groups is 1. The quantitative estimate of drug-likeness (QED) is 0.707. The zero-order chi connectivity index (χ0) is 18.4. The molecule has 3 amide bonds. The summed E-state index contributed by atoms with van der Waals surface area (Å²) in [5.74, 6) is 0.783. The number of carbonyl (C=O) groups is 2. The van der Waals surface area contributed by atoms with E-state index in [4.69, 9.17) is 5.11 Å². The molecule has 1 aliphatic heterocycles. The number of piperidine rings is 1. The van der Waals surface area contributed by atoms with Gasteiger partial charge >= 0.3 is 6.03 Å². The minimum Gasteiger partial charge on any atom is -0.396 e. The van der Waals surface area contributed by atoms with Gasteiger partial charge in [0.15, 0.2) is 0 Å². The predicted molar refractivity (Wildman–Crippen MR) is 101 cm³/mol. The van der Waals surface area contributed by atoms with Gasteiger partial charge in [0, 0.05) is 37.0 Å². The maximum Gasteiger partial charge on any atom is 0.319 e. The molecule has 1 aromatic carbocycles. The number of hydrogen-bond acceptors (Lipinski definition) is 3. The van der Waals surface area contributed by atoms with Crippen LogP contribution in [0.1, 0.15) is 55.3 Å². The number of aliphatic hydroxyl groups excluding tert-OH is 1. The summed E-state index contributed by atoms with van der Waals surface area (Å²) in [7, 11) is 0. The molecule has 3 N–H and O–H groups in total. The summed E-state index contributed by atoms with van der Waals surface area (Å²) < 4.78 is 0. The summed E-state index contributed by atoms with van der Waals surface area (Å²) in [4.78, 5) is 26.8. The molecule has 0 spiro atoms. The van der Waals surface area contributed by atoms with Crippen molar-refractivity contribution in [3.05, 3.63) is 29.8 Å². The lowest BCUT2D eigenvalue weighted by atomic mass is 9.78. The number of rotatable bonds is 5. The Morgan fingerprint density at radius 1 is 1.08 bits per heavy atom. The molecule has 142 valence electrons. The van der Waals surface area contributed by atoms with Crippen molar-refractivity contribution in [3.8, 4) is 0 Å². The summed E-state index contributed by atoms with van der Waals surface area (Å²) in [5, 5.41) is 14.1. The lowest BCUT2D eigenvalue weighted by Crippen LogP contribution is -2.49. The number of fused-ring (bicyclic) bond motifs is 1. The fraction of sp³-hybridized carbons (Fsp3) is 0.600.